The van der Waals surface area contributed by atoms with Gasteiger partial charge in [-0.1, -0.05) is 25.8 Å². The largest absolute Gasteiger partial charge is 0.381 e. The second kappa shape index (κ2) is 9.78. The Morgan fingerprint density at radius 3 is 2.80 bits per heavy atom. The van der Waals surface area contributed by atoms with E-state index >= 15 is 0 Å². The number of hydrogen-bond acceptors (Lipinski definition) is 6. The molecule has 1 atom stereocenters. The standard InChI is InChI=1S/C21H23F2N5OS/c1-2-3-4-5-17-8-15(10-24)20(30-17)26-11-21(29,12-28-14-25-13-27-28)18-7-6-16(22)9-19(18)23/h6-9,13-14,26,29H,2-5,11-12H2,1H3/t21-/m0/s1. The number of aromatic nitrogens is 3. The van der Waals surface area contributed by atoms with Crippen LogP contribution in [0.25, 0.3) is 0 Å². The van der Waals surface area contributed by atoms with Gasteiger partial charge in [-0.05, 0) is 25.0 Å². The second-order valence-electron chi connectivity index (χ2n) is 7.13. The molecule has 2 heterocycles. The van der Waals surface area contributed by atoms with Gasteiger partial charge >= 0.3 is 0 Å². The number of rotatable bonds is 10. The van der Waals surface area contributed by atoms with Crippen LogP contribution in [0.3, 0.4) is 0 Å². The molecule has 9 heteroatoms. The number of aryl methyl sites for hydroxylation is 1. The van der Waals surface area contributed by atoms with E-state index in [4.69, 9.17) is 0 Å². The molecule has 0 amide bonds. The van der Waals surface area contributed by atoms with Crippen LogP contribution in [-0.2, 0) is 18.6 Å². The molecule has 0 aliphatic heterocycles. The molecule has 0 unspecified atom stereocenters. The van der Waals surface area contributed by atoms with E-state index in [1.54, 1.807) is 0 Å². The molecule has 2 N–H and O–H groups in total. The molecule has 6 nitrogen and oxygen atoms in total. The molecule has 0 aliphatic rings. The molecule has 158 valence electrons. The molecule has 3 aromatic rings. The van der Waals surface area contributed by atoms with Gasteiger partial charge in [-0.15, -0.1) is 11.3 Å². The Morgan fingerprint density at radius 2 is 2.13 bits per heavy atom. The first-order valence-electron chi connectivity index (χ1n) is 9.72. The van der Waals surface area contributed by atoms with Crippen LogP contribution in [-0.4, -0.2) is 26.4 Å². The smallest absolute Gasteiger partial charge is 0.137 e. The summed E-state index contributed by atoms with van der Waals surface area (Å²) in [5.41, 5.74) is -1.33. The number of nitriles is 1. The van der Waals surface area contributed by atoms with Gasteiger partial charge in [0.05, 0.1) is 18.7 Å². The number of nitrogens with one attached hydrogen (secondary N) is 1. The fraction of sp³-hybridized carbons (Fsp3) is 0.381. The number of unbranched alkanes of at least 4 members (excludes halogenated alkanes) is 2. The third-order valence-electron chi connectivity index (χ3n) is 4.79. The van der Waals surface area contributed by atoms with Crippen LogP contribution < -0.4 is 5.32 Å². The zero-order chi connectivity index (χ0) is 21.6. The third kappa shape index (κ3) is 5.20. The Balaban J connectivity index is 1.84. The summed E-state index contributed by atoms with van der Waals surface area (Å²) >= 11 is 1.45. The van der Waals surface area contributed by atoms with Gasteiger partial charge in [0.2, 0.25) is 0 Å². The minimum Gasteiger partial charge on any atom is -0.381 e. The van der Waals surface area contributed by atoms with Crippen molar-refractivity contribution < 1.29 is 13.9 Å². The van der Waals surface area contributed by atoms with Crippen LogP contribution in [0.4, 0.5) is 13.8 Å². The van der Waals surface area contributed by atoms with Crippen molar-refractivity contribution in [2.24, 2.45) is 0 Å². The number of halogens is 2. The molecule has 1 aromatic carbocycles. The van der Waals surface area contributed by atoms with Crippen LogP contribution >= 0.6 is 11.3 Å². The Bertz CT molecular complexity index is 1020. The fourth-order valence-electron chi connectivity index (χ4n) is 3.24. The van der Waals surface area contributed by atoms with Crippen molar-refractivity contribution in [2.45, 2.75) is 44.8 Å². The highest BCUT2D eigenvalue weighted by molar-refractivity contribution is 7.16. The zero-order valence-electron chi connectivity index (χ0n) is 16.6. The molecule has 3 rings (SSSR count). The normalized spacial score (nSPS) is 13.0. The summed E-state index contributed by atoms with van der Waals surface area (Å²) < 4.78 is 29.3. The van der Waals surface area contributed by atoms with Crippen molar-refractivity contribution in [3.05, 3.63) is 64.6 Å². The van der Waals surface area contributed by atoms with E-state index in [2.05, 4.69) is 28.4 Å². The van der Waals surface area contributed by atoms with E-state index < -0.39 is 17.2 Å². The van der Waals surface area contributed by atoms with E-state index in [9.17, 15) is 19.1 Å². The lowest BCUT2D eigenvalue weighted by Gasteiger charge is -2.29. The molecule has 0 fully saturated rings. The maximum atomic E-state index is 14.5. The lowest BCUT2D eigenvalue weighted by molar-refractivity contribution is 0.0248. The molecule has 0 radical (unpaired) electrons. The first kappa shape index (κ1) is 21.9. The van der Waals surface area contributed by atoms with Gasteiger partial charge in [-0.3, -0.25) is 0 Å². The van der Waals surface area contributed by atoms with Crippen LogP contribution in [0, 0.1) is 23.0 Å². The summed E-state index contributed by atoms with van der Waals surface area (Å²) in [7, 11) is 0. The maximum Gasteiger partial charge on any atom is 0.137 e. The van der Waals surface area contributed by atoms with E-state index in [0.29, 0.717) is 10.6 Å². The third-order valence-corrected chi connectivity index (χ3v) is 5.95. The van der Waals surface area contributed by atoms with Crippen LogP contribution in [0.15, 0.2) is 36.9 Å². The van der Waals surface area contributed by atoms with Gasteiger partial charge in [0.25, 0.3) is 0 Å². The van der Waals surface area contributed by atoms with Crippen molar-refractivity contribution in [2.75, 3.05) is 11.9 Å². The quantitative estimate of drug-likeness (QED) is 0.469. The fourth-order valence-corrected chi connectivity index (χ4v) is 4.29. The summed E-state index contributed by atoms with van der Waals surface area (Å²) in [4.78, 5) is 4.93. The SMILES string of the molecule is CCCCCc1cc(C#N)c(NC[C@](O)(Cn2cncn2)c2ccc(F)cc2F)s1. The van der Waals surface area contributed by atoms with Crippen molar-refractivity contribution in [3.63, 3.8) is 0 Å². The first-order valence-corrected chi connectivity index (χ1v) is 10.5. The summed E-state index contributed by atoms with van der Waals surface area (Å²) in [6, 6.07) is 7.06. The lowest BCUT2D eigenvalue weighted by Crippen LogP contribution is -2.39. The van der Waals surface area contributed by atoms with Crippen molar-refractivity contribution in [1.29, 1.82) is 5.26 Å². The van der Waals surface area contributed by atoms with E-state index in [0.717, 1.165) is 42.7 Å². The molecule has 0 aliphatic carbocycles. The monoisotopic (exact) mass is 431 g/mol. The zero-order valence-corrected chi connectivity index (χ0v) is 17.4. The van der Waals surface area contributed by atoms with E-state index in [1.165, 1.54) is 34.7 Å². The van der Waals surface area contributed by atoms with Gasteiger partial charge in [-0.25, -0.2) is 18.4 Å². The number of benzene rings is 1. The maximum absolute atomic E-state index is 14.5. The van der Waals surface area contributed by atoms with Crippen molar-refractivity contribution >= 4 is 16.3 Å². The Hall–Kier alpha value is -2.83. The number of aliphatic hydroxyl groups is 1. The molecule has 0 saturated carbocycles. The van der Waals surface area contributed by atoms with Crippen LogP contribution in [0.5, 0.6) is 0 Å². The highest BCUT2D eigenvalue weighted by atomic mass is 32.1. The number of anilines is 1. The van der Waals surface area contributed by atoms with Crippen LogP contribution in [0.1, 0.15) is 42.2 Å². The molecule has 0 spiro atoms. The van der Waals surface area contributed by atoms with Gasteiger partial charge in [0, 0.05) is 16.5 Å². The minimum atomic E-state index is -1.75. The second-order valence-corrected chi connectivity index (χ2v) is 8.26. The summed E-state index contributed by atoms with van der Waals surface area (Å²) in [5, 5.41) is 28.5. The van der Waals surface area contributed by atoms with E-state index in [-0.39, 0.29) is 18.7 Å². The molecular formula is C21H23F2N5OS. The topological polar surface area (TPSA) is 86.8 Å². The van der Waals surface area contributed by atoms with Crippen LogP contribution in [0.2, 0.25) is 0 Å². The minimum absolute atomic E-state index is 0.0647. The average molecular weight is 432 g/mol. The molecule has 30 heavy (non-hydrogen) atoms. The lowest BCUT2D eigenvalue weighted by atomic mass is 9.93. The summed E-state index contributed by atoms with van der Waals surface area (Å²) in [6.07, 6.45) is 6.86. The predicted octanol–water partition coefficient (Wildman–Crippen LogP) is 4.22. The van der Waals surface area contributed by atoms with Gasteiger partial charge in [0.1, 0.15) is 41.0 Å². The summed E-state index contributed by atoms with van der Waals surface area (Å²) in [5.74, 6) is -1.58. The Labute approximate surface area is 177 Å². The molecule has 0 bridgehead atoms. The van der Waals surface area contributed by atoms with Gasteiger partial charge < -0.3 is 10.4 Å². The number of thiophene rings is 1. The molecule has 2 aromatic heterocycles. The highest BCUT2D eigenvalue weighted by Gasteiger charge is 2.34. The molecule has 0 saturated heterocycles. The Kier molecular flexibility index (Phi) is 7.13. The number of nitrogens with zero attached hydrogens (tertiary/aromatic N) is 4. The predicted molar refractivity (Wildman–Crippen MR) is 111 cm³/mol. The molecular weight excluding hydrogens is 408 g/mol. The van der Waals surface area contributed by atoms with Gasteiger partial charge in [0.15, 0.2) is 0 Å². The number of hydrogen-bond donors (Lipinski definition) is 2. The van der Waals surface area contributed by atoms with Crippen molar-refractivity contribution in [1.82, 2.24) is 14.8 Å². The highest BCUT2D eigenvalue weighted by Crippen LogP contribution is 2.32. The summed E-state index contributed by atoms with van der Waals surface area (Å²) in [6.45, 7) is 1.94. The van der Waals surface area contributed by atoms with Gasteiger partial charge in [-0.2, -0.15) is 10.4 Å². The Morgan fingerprint density at radius 1 is 1.30 bits per heavy atom. The van der Waals surface area contributed by atoms with Crippen molar-refractivity contribution in [3.8, 4) is 6.07 Å². The first-order chi connectivity index (χ1) is 14.4. The average Bonchev–Trinajstić information content (AvgIpc) is 3.36. The van der Waals surface area contributed by atoms with E-state index in [1.807, 2.05) is 6.07 Å².